The van der Waals surface area contributed by atoms with Gasteiger partial charge in [0.2, 0.25) is 17.7 Å². The van der Waals surface area contributed by atoms with Gasteiger partial charge >= 0.3 is 31.7 Å². The van der Waals surface area contributed by atoms with Gasteiger partial charge in [-0.3, -0.25) is 33.3 Å². The fraction of sp³-hybridized carbons (Fsp3) is 0.915. The van der Waals surface area contributed by atoms with Gasteiger partial charge in [0.15, 0.2) is 12.3 Å². The maximum Gasteiger partial charge on any atom is 0.470 e. The highest BCUT2D eigenvalue weighted by Gasteiger charge is 2.51. The lowest BCUT2D eigenvalue weighted by Crippen LogP contribution is -2.70. The number of rotatable bonds is 73. The smallest absolute Gasteiger partial charge is 0.467 e. The predicted molar refractivity (Wildman–Crippen MR) is 413 cm³/mol. The van der Waals surface area contributed by atoms with Crippen molar-refractivity contribution in [2.45, 2.75) is 462 Å². The van der Waals surface area contributed by atoms with E-state index < -0.39 is 124 Å². The molecular formula is C82H154N3O18P. The zero-order valence-electron chi connectivity index (χ0n) is 66.8. The number of methoxy groups -OCH3 is 1. The molecule has 0 unspecified atom stereocenters. The van der Waals surface area contributed by atoms with Crippen LogP contribution in [0, 0.1) is 0 Å². The van der Waals surface area contributed by atoms with E-state index in [0.29, 0.717) is 57.8 Å². The average molecular weight is 1500 g/mol. The van der Waals surface area contributed by atoms with Crippen molar-refractivity contribution < 1.29 is 86.0 Å². The van der Waals surface area contributed by atoms with Crippen LogP contribution in [0.2, 0.25) is 0 Å². The summed E-state index contributed by atoms with van der Waals surface area (Å²) in [6.07, 6.45) is 41.8. The third-order valence-corrected chi connectivity index (χ3v) is 20.5. The van der Waals surface area contributed by atoms with E-state index in [-0.39, 0.29) is 32.1 Å². The van der Waals surface area contributed by atoms with E-state index in [2.05, 4.69) is 57.5 Å². The summed E-state index contributed by atoms with van der Waals surface area (Å²) in [5.41, 5.74) is 0. The fourth-order valence-corrected chi connectivity index (χ4v) is 14.4. The quantitative estimate of drug-likeness (QED) is 0.0143. The molecule has 21 nitrogen and oxygen atoms in total. The van der Waals surface area contributed by atoms with Crippen molar-refractivity contribution in [2.24, 2.45) is 0 Å². The van der Waals surface area contributed by atoms with E-state index in [1.54, 1.807) is 0 Å². The van der Waals surface area contributed by atoms with E-state index >= 15 is 0 Å². The molecule has 3 amide bonds. The monoisotopic (exact) mass is 1500 g/mol. The third kappa shape index (κ3) is 54.8. The van der Waals surface area contributed by atoms with Gasteiger partial charge in [0.1, 0.15) is 36.6 Å². The molecule has 0 radical (unpaired) electrons. The van der Waals surface area contributed by atoms with Crippen LogP contribution in [0.25, 0.3) is 0 Å². The van der Waals surface area contributed by atoms with Gasteiger partial charge < -0.3 is 59.3 Å². The molecule has 0 saturated carbocycles. The van der Waals surface area contributed by atoms with Gasteiger partial charge in [0.25, 0.3) is 0 Å². The topological polar surface area (TPSA) is 298 Å². The summed E-state index contributed by atoms with van der Waals surface area (Å²) in [6, 6.07) is -4.86. The number of aliphatic hydroxyl groups excluding tert-OH is 1. The first-order valence-electron chi connectivity index (χ1n) is 42.5. The Hall–Kier alpha value is -3.72. The number of hydrogen-bond acceptors (Lipinski definition) is 16. The number of aliphatic hydroxyl groups is 1. The molecule has 1 aliphatic heterocycles. The lowest BCUT2D eigenvalue weighted by atomic mass is 9.93. The van der Waals surface area contributed by atoms with Crippen LogP contribution in [0.3, 0.4) is 0 Å². The number of ether oxygens (including phenoxy) is 6. The Labute approximate surface area is 631 Å². The number of esters is 4. The van der Waals surface area contributed by atoms with Crippen molar-refractivity contribution in [1.29, 1.82) is 0 Å². The van der Waals surface area contributed by atoms with Crippen LogP contribution in [0.4, 0.5) is 0 Å². The minimum atomic E-state index is -5.51. The van der Waals surface area contributed by atoms with Gasteiger partial charge in [-0.05, 0) is 57.8 Å². The first-order valence-corrected chi connectivity index (χ1v) is 44.1. The van der Waals surface area contributed by atoms with Crippen LogP contribution >= 0.6 is 7.82 Å². The van der Waals surface area contributed by atoms with Crippen LogP contribution < -0.4 is 16.0 Å². The molecule has 1 aliphatic rings. The zero-order chi connectivity index (χ0) is 76.5. The van der Waals surface area contributed by atoms with E-state index in [4.69, 9.17) is 32.9 Å². The minimum absolute atomic E-state index is 0.154. The van der Waals surface area contributed by atoms with E-state index in [1.165, 1.54) is 57.8 Å². The van der Waals surface area contributed by atoms with Crippen LogP contribution in [-0.4, -0.2) is 132 Å². The lowest BCUT2D eigenvalue weighted by Gasteiger charge is -2.46. The van der Waals surface area contributed by atoms with Crippen molar-refractivity contribution >= 4 is 49.4 Å². The molecule has 104 heavy (non-hydrogen) atoms. The molecule has 0 spiro atoms. The van der Waals surface area contributed by atoms with E-state index in [1.807, 2.05) is 0 Å². The molecule has 0 aromatic rings. The van der Waals surface area contributed by atoms with Crippen molar-refractivity contribution in [2.75, 3.05) is 20.3 Å². The molecular weight excluding hydrogens is 1350 g/mol. The summed E-state index contributed by atoms with van der Waals surface area (Å²) in [5.74, 6) is -4.39. The first kappa shape index (κ1) is 98.3. The van der Waals surface area contributed by atoms with Crippen LogP contribution in [-0.2, 0) is 71.1 Å². The second-order valence-corrected chi connectivity index (χ2v) is 31.1. The number of unbranched alkanes of at least 4 members (excludes halogenated alkanes) is 42. The molecule has 0 bridgehead atoms. The summed E-state index contributed by atoms with van der Waals surface area (Å²) < 4.78 is 54.5. The molecule has 1 saturated heterocycles. The van der Waals surface area contributed by atoms with Gasteiger partial charge in [-0.25, -0.2) is 9.36 Å². The Bertz CT molecular complexity index is 2190. The SMILES string of the molecule is CCCCCCCCCCC[C@H](CC(=O)N[C@H]1[C@H](OC[C@H](NC(=O)C[C@@H](CCCCCCCCCCC)OC(=O)CCCCCCCCC)C(=O)OC)O[C@H](CO)[C@@H](OP(=O)(O)O)[C@H]1NC(=O)C[C@@H](CCCCCCCCCCC)OC(=O)CCCCCCCCC)OC(=O)CCCCCCCCC. The molecule has 6 N–H and O–H groups in total. The molecule has 1 heterocycles. The van der Waals surface area contributed by atoms with E-state index in [9.17, 15) is 53.0 Å². The second-order valence-electron chi connectivity index (χ2n) is 29.9. The number of carbonyl (C=O) groups excluding carboxylic acids is 7. The van der Waals surface area contributed by atoms with Crippen molar-refractivity contribution in [3.05, 3.63) is 0 Å². The molecule has 0 aromatic heterocycles. The summed E-state index contributed by atoms with van der Waals surface area (Å²) >= 11 is 0. The molecule has 22 heteroatoms. The first-order chi connectivity index (χ1) is 50.4. The highest BCUT2D eigenvalue weighted by Crippen LogP contribution is 2.42. The maximum atomic E-state index is 14.9. The second kappa shape index (κ2) is 67.4. The van der Waals surface area contributed by atoms with Crippen molar-refractivity contribution in [1.82, 2.24) is 16.0 Å². The molecule has 0 aromatic carbocycles. The molecule has 610 valence electrons. The minimum Gasteiger partial charge on any atom is -0.467 e. The summed E-state index contributed by atoms with van der Waals surface area (Å²) in [5, 5.41) is 19.4. The molecule has 1 rings (SSSR count). The predicted octanol–water partition coefficient (Wildman–Crippen LogP) is 18.9. The van der Waals surface area contributed by atoms with Crippen molar-refractivity contribution in [3.63, 3.8) is 0 Å². The van der Waals surface area contributed by atoms with Gasteiger partial charge in [0.05, 0.1) is 45.6 Å². The third-order valence-electron chi connectivity index (χ3n) is 20.0. The lowest BCUT2D eigenvalue weighted by molar-refractivity contribution is -0.249. The Morgan fingerprint density at radius 2 is 0.673 bits per heavy atom. The van der Waals surface area contributed by atoms with Gasteiger partial charge in [-0.2, -0.15) is 0 Å². The maximum absolute atomic E-state index is 14.9. The number of hydrogen-bond donors (Lipinski definition) is 6. The Balaban J connectivity index is 3.90. The van der Waals surface area contributed by atoms with Crippen LogP contribution in [0.15, 0.2) is 0 Å². The number of phosphoric ester groups is 1. The Kier molecular flexibility index (Phi) is 63.7. The summed E-state index contributed by atoms with van der Waals surface area (Å²) in [7, 11) is -4.39. The standard InChI is InChI=1S/C82H154N3O18P/c1-8-14-20-26-32-35-41-44-50-56-67(99-75(90)59-53-47-38-29-23-17-11-4)62-72(87)83-70(81(93)97-7)66-98-82-79(85-74(89)64-69(58-52-46-43-37-34-28-22-16-10-3)101-77(92)61-55-49-40-31-25-19-13-6)78(80(71(65-86)102-82)103-104(94,95)96)84-73(88)63-68(57-51-45-42-36-33-27-21-15-9-2)100-76(91)60-54-48-39-30-24-18-12-5/h67-71,78-80,82,86H,8-66H2,1-7H3,(H,83,87)(H,84,88)(H,85,89)(H2,94,95,96)/t67-,68-,69-,70+,71-,78+,79-,80-,82-/m1/s1. The highest BCUT2D eigenvalue weighted by atomic mass is 31.2. The van der Waals surface area contributed by atoms with Gasteiger partial charge in [0, 0.05) is 19.3 Å². The molecule has 1 fully saturated rings. The van der Waals surface area contributed by atoms with E-state index in [0.717, 1.165) is 219 Å². The molecule has 0 aliphatic carbocycles. The zero-order valence-corrected chi connectivity index (χ0v) is 67.7. The fourth-order valence-electron chi connectivity index (χ4n) is 13.8. The largest absolute Gasteiger partial charge is 0.470 e. The average Bonchev–Trinajstić information content (AvgIpc) is 0.780. The summed E-state index contributed by atoms with van der Waals surface area (Å²) in [4.78, 5) is 120. The molecule has 9 atom stereocenters. The van der Waals surface area contributed by atoms with Crippen LogP contribution in [0.1, 0.15) is 408 Å². The number of nitrogens with one attached hydrogen (secondary N) is 3. The summed E-state index contributed by atoms with van der Waals surface area (Å²) in [6.45, 7) is 11.4. The highest BCUT2D eigenvalue weighted by molar-refractivity contribution is 7.46. The number of phosphoric acid groups is 1. The number of carbonyl (C=O) groups is 7. The van der Waals surface area contributed by atoms with Crippen LogP contribution in [0.5, 0.6) is 0 Å². The number of amides is 3. The Morgan fingerprint density at radius 1 is 0.394 bits per heavy atom. The van der Waals surface area contributed by atoms with Gasteiger partial charge in [-0.1, -0.05) is 311 Å². The normalized spacial score (nSPS) is 17.2. The Morgan fingerprint density at radius 3 is 0.962 bits per heavy atom. The van der Waals surface area contributed by atoms with Crippen molar-refractivity contribution in [3.8, 4) is 0 Å². The van der Waals surface area contributed by atoms with Gasteiger partial charge in [-0.15, -0.1) is 0 Å².